The molecule has 7 nitrogen and oxygen atoms in total. The lowest BCUT2D eigenvalue weighted by atomic mass is 10.2. The molecule has 0 radical (unpaired) electrons. The van der Waals surface area contributed by atoms with Gasteiger partial charge in [0.1, 0.15) is 0 Å². The lowest BCUT2D eigenvalue weighted by Gasteiger charge is -2.08. The Kier molecular flexibility index (Phi) is 4.55. The highest BCUT2D eigenvalue weighted by Crippen LogP contribution is 2.15. The number of hydrogen-bond acceptors (Lipinski definition) is 4. The predicted molar refractivity (Wildman–Crippen MR) is 108 cm³/mol. The molecule has 0 fully saturated rings. The first kappa shape index (κ1) is 17.4. The molecule has 4 aromatic rings. The second-order valence-corrected chi connectivity index (χ2v) is 6.20. The summed E-state index contributed by atoms with van der Waals surface area (Å²) in [6.45, 7) is 1.46. The molecule has 1 amide bonds. The smallest absolute Gasteiger partial charge is 0.273 e. The number of rotatable bonds is 4. The van der Waals surface area contributed by atoms with Crippen molar-refractivity contribution < 1.29 is 4.79 Å². The van der Waals surface area contributed by atoms with Gasteiger partial charge >= 0.3 is 0 Å². The van der Waals surface area contributed by atoms with Crippen LogP contribution in [0.4, 0.5) is 5.69 Å². The van der Waals surface area contributed by atoms with Gasteiger partial charge < -0.3 is 5.32 Å². The average molecular weight is 371 g/mol. The van der Waals surface area contributed by atoms with Crippen LogP contribution in [0.15, 0.2) is 71.9 Å². The number of aromatic nitrogens is 4. The van der Waals surface area contributed by atoms with Crippen LogP contribution >= 0.6 is 0 Å². The maximum absolute atomic E-state index is 12.7. The first-order valence-electron chi connectivity index (χ1n) is 8.68. The molecule has 1 aromatic carbocycles. The summed E-state index contributed by atoms with van der Waals surface area (Å²) < 4.78 is 3.21. The summed E-state index contributed by atoms with van der Waals surface area (Å²) in [6, 6.07) is 14.3. The zero-order valence-corrected chi connectivity index (χ0v) is 15.1. The van der Waals surface area contributed by atoms with Crippen LogP contribution in [0.2, 0.25) is 0 Å². The van der Waals surface area contributed by atoms with Crippen LogP contribution in [0.5, 0.6) is 0 Å². The molecule has 0 saturated heterocycles. The molecule has 0 aliphatic heterocycles. The summed E-state index contributed by atoms with van der Waals surface area (Å²) in [7, 11) is 0. The maximum atomic E-state index is 12.7. The fraction of sp³-hybridized carbons (Fsp3) is 0.0476. The van der Waals surface area contributed by atoms with Gasteiger partial charge in [0, 0.05) is 43.3 Å². The third kappa shape index (κ3) is 3.59. The summed E-state index contributed by atoms with van der Waals surface area (Å²) in [6.07, 6.45) is 8.88. The average Bonchev–Trinajstić information content (AvgIpc) is 3.12. The highest BCUT2D eigenvalue weighted by molar-refractivity contribution is 5.88. The van der Waals surface area contributed by atoms with Crippen molar-refractivity contribution in [3.05, 3.63) is 88.7 Å². The number of benzene rings is 1. The third-order valence-electron chi connectivity index (χ3n) is 4.10. The van der Waals surface area contributed by atoms with Crippen molar-refractivity contribution in [1.82, 2.24) is 19.2 Å². The van der Waals surface area contributed by atoms with Gasteiger partial charge in [-0.15, -0.1) is 0 Å². The van der Waals surface area contributed by atoms with Gasteiger partial charge in [0.05, 0.1) is 11.4 Å². The number of fused-ring (bicyclic) bond motifs is 1. The van der Waals surface area contributed by atoms with Crippen LogP contribution in [-0.2, 0) is 4.79 Å². The number of carbonyl (C=O) groups is 1. The Hall–Kier alpha value is -4.00. The Morgan fingerprint density at radius 1 is 1.11 bits per heavy atom. The number of carbonyl (C=O) groups excluding carboxylic acids is 1. The minimum atomic E-state index is -0.188. The van der Waals surface area contributed by atoms with E-state index >= 15 is 0 Å². The summed E-state index contributed by atoms with van der Waals surface area (Å²) in [5.74, 6) is -0.133. The number of pyridine rings is 1. The van der Waals surface area contributed by atoms with E-state index in [-0.39, 0.29) is 11.5 Å². The molecule has 3 aromatic heterocycles. The topological polar surface area (TPSA) is 81.3 Å². The molecule has 4 rings (SSSR count). The first-order valence-corrected chi connectivity index (χ1v) is 8.68. The van der Waals surface area contributed by atoms with Gasteiger partial charge in [-0.25, -0.2) is 4.98 Å². The molecular formula is C21H17N5O2. The molecular weight excluding hydrogens is 354 g/mol. The third-order valence-corrected chi connectivity index (χ3v) is 4.10. The van der Waals surface area contributed by atoms with Crippen molar-refractivity contribution >= 4 is 29.4 Å². The van der Waals surface area contributed by atoms with Crippen molar-refractivity contribution in [3.8, 4) is 5.69 Å². The van der Waals surface area contributed by atoms with Crippen LogP contribution in [0.1, 0.15) is 18.2 Å². The zero-order valence-electron chi connectivity index (χ0n) is 15.1. The molecule has 0 atom stereocenters. The van der Waals surface area contributed by atoms with Crippen LogP contribution < -0.4 is 10.9 Å². The van der Waals surface area contributed by atoms with Crippen LogP contribution in [0.3, 0.4) is 0 Å². The number of nitrogens with one attached hydrogen (secondary N) is 1. The summed E-state index contributed by atoms with van der Waals surface area (Å²) >= 11 is 0. The van der Waals surface area contributed by atoms with E-state index in [1.807, 2.05) is 30.3 Å². The minimum absolute atomic E-state index is 0.133. The summed E-state index contributed by atoms with van der Waals surface area (Å²) in [5, 5.41) is 2.72. The number of anilines is 1. The van der Waals surface area contributed by atoms with E-state index in [9.17, 15) is 9.59 Å². The Morgan fingerprint density at radius 2 is 1.93 bits per heavy atom. The van der Waals surface area contributed by atoms with Crippen molar-refractivity contribution in [3.63, 3.8) is 0 Å². The van der Waals surface area contributed by atoms with Gasteiger partial charge in [0.25, 0.3) is 5.56 Å². The molecule has 1 N–H and O–H groups in total. The monoisotopic (exact) mass is 371 g/mol. The maximum Gasteiger partial charge on any atom is 0.273 e. The lowest BCUT2D eigenvalue weighted by Crippen LogP contribution is -2.20. The summed E-state index contributed by atoms with van der Waals surface area (Å²) in [4.78, 5) is 32.4. The Labute approximate surface area is 160 Å². The van der Waals surface area contributed by atoms with E-state index in [1.54, 1.807) is 47.5 Å². The second kappa shape index (κ2) is 7.32. The van der Waals surface area contributed by atoms with Gasteiger partial charge in [0.15, 0.2) is 5.65 Å². The summed E-state index contributed by atoms with van der Waals surface area (Å²) in [5.41, 5.74) is 3.35. The molecule has 7 heteroatoms. The number of nitrogens with zero attached hydrogens (tertiary/aromatic N) is 4. The van der Waals surface area contributed by atoms with Gasteiger partial charge in [0.2, 0.25) is 5.91 Å². The SMILES string of the molecule is CC(=O)Nc1ccc(-n2ccc3nc(/C=C/c4cccnc4)cc(=O)n32)cc1. The van der Waals surface area contributed by atoms with E-state index in [2.05, 4.69) is 15.3 Å². The van der Waals surface area contributed by atoms with Crippen molar-refractivity contribution in [2.45, 2.75) is 6.92 Å². The zero-order chi connectivity index (χ0) is 19.5. The normalized spacial score (nSPS) is 11.2. The van der Waals surface area contributed by atoms with E-state index in [1.165, 1.54) is 17.5 Å². The Balaban J connectivity index is 1.68. The molecule has 3 heterocycles. The number of hydrogen-bond donors (Lipinski definition) is 1. The van der Waals surface area contributed by atoms with Crippen LogP contribution in [0, 0.1) is 0 Å². The lowest BCUT2D eigenvalue weighted by molar-refractivity contribution is -0.114. The minimum Gasteiger partial charge on any atom is -0.326 e. The predicted octanol–water partition coefficient (Wildman–Crippen LogP) is 3.01. The van der Waals surface area contributed by atoms with E-state index in [0.29, 0.717) is 17.0 Å². The van der Waals surface area contributed by atoms with Gasteiger partial charge in [-0.05, 0) is 42.0 Å². The van der Waals surface area contributed by atoms with Gasteiger partial charge in [-0.3, -0.25) is 19.3 Å². The second-order valence-electron chi connectivity index (χ2n) is 6.20. The largest absolute Gasteiger partial charge is 0.326 e. The molecule has 0 spiro atoms. The molecule has 0 aliphatic carbocycles. The molecule has 28 heavy (non-hydrogen) atoms. The Bertz CT molecular complexity index is 1220. The van der Waals surface area contributed by atoms with E-state index in [4.69, 9.17) is 0 Å². The van der Waals surface area contributed by atoms with Crippen molar-refractivity contribution in [1.29, 1.82) is 0 Å². The van der Waals surface area contributed by atoms with Gasteiger partial charge in [-0.1, -0.05) is 12.1 Å². The highest BCUT2D eigenvalue weighted by Gasteiger charge is 2.07. The van der Waals surface area contributed by atoms with E-state index in [0.717, 1.165) is 11.3 Å². The quantitative estimate of drug-likeness (QED) is 0.598. The van der Waals surface area contributed by atoms with Crippen molar-refractivity contribution in [2.24, 2.45) is 0 Å². The van der Waals surface area contributed by atoms with Crippen molar-refractivity contribution in [2.75, 3.05) is 5.32 Å². The molecule has 138 valence electrons. The fourth-order valence-corrected chi connectivity index (χ4v) is 2.88. The fourth-order valence-electron chi connectivity index (χ4n) is 2.88. The Morgan fingerprint density at radius 3 is 2.64 bits per heavy atom. The van der Waals surface area contributed by atoms with Gasteiger partial charge in [-0.2, -0.15) is 4.52 Å². The molecule has 0 saturated carbocycles. The standard InChI is InChI=1S/C21H17N5O2/c1-15(27)23-17-6-8-19(9-7-17)25-12-10-20-24-18(13-21(28)26(20)25)5-4-16-3-2-11-22-14-16/h2-14H,1H3,(H,23,27)/b5-4+. The number of amides is 1. The molecule has 0 aliphatic rings. The molecule has 0 bridgehead atoms. The van der Waals surface area contributed by atoms with Crippen LogP contribution in [-0.4, -0.2) is 25.1 Å². The molecule has 0 unspecified atom stereocenters. The highest BCUT2D eigenvalue weighted by atomic mass is 16.1. The van der Waals surface area contributed by atoms with E-state index < -0.39 is 0 Å². The van der Waals surface area contributed by atoms with Crippen LogP contribution in [0.25, 0.3) is 23.5 Å². The first-order chi connectivity index (χ1) is 13.6.